The fourth-order valence-corrected chi connectivity index (χ4v) is 2.26. The summed E-state index contributed by atoms with van der Waals surface area (Å²) in [5.41, 5.74) is -0.793. The molecule has 1 atom stereocenters. The van der Waals surface area contributed by atoms with Crippen LogP contribution in [0.15, 0.2) is 24.3 Å². The van der Waals surface area contributed by atoms with Crippen molar-refractivity contribution < 1.29 is 18.0 Å². The molecule has 6 heteroatoms. The zero-order valence-corrected chi connectivity index (χ0v) is 12.9. The number of rotatable bonds is 5. The highest BCUT2D eigenvalue weighted by atomic mass is 79.9. The van der Waals surface area contributed by atoms with E-state index in [-0.39, 0.29) is 11.6 Å². The summed E-state index contributed by atoms with van der Waals surface area (Å²) >= 11 is 3.30. The normalized spacial score (nSPS) is 13.3. The molecule has 1 aromatic rings. The van der Waals surface area contributed by atoms with Crippen LogP contribution in [0.1, 0.15) is 36.2 Å². The largest absolute Gasteiger partial charge is 0.416 e. The van der Waals surface area contributed by atoms with Gasteiger partial charge in [-0.15, -0.1) is 0 Å². The maximum atomic E-state index is 12.6. The lowest BCUT2D eigenvalue weighted by atomic mass is 10.0. The van der Waals surface area contributed by atoms with E-state index in [1.807, 2.05) is 13.8 Å². The van der Waals surface area contributed by atoms with E-state index < -0.39 is 17.6 Å². The topological polar surface area (TPSA) is 29.1 Å². The average molecular weight is 352 g/mol. The van der Waals surface area contributed by atoms with Gasteiger partial charge in [-0.25, -0.2) is 0 Å². The predicted octanol–water partition coefficient (Wildman–Crippen LogP) is 4.24. The van der Waals surface area contributed by atoms with Crippen LogP contribution in [0, 0.1) is 5.92 Å². The molecule has 0 heterocycles. The van der Waals surface area contributed by atoms with E-state index >= 15 is 0 Å². The summed E-state index contributed by atoms with van der Waals surface area (Å²) in [6, 6.07) is 4.34. The third-order valence-electron chi connectivity index (χ3n) is 2.73. The van der Waals surface area contributed by atoms with E-state index in [9.17, 15) is 18.0 Å². The van der Waals surface area contributed by atoms with E-state index in [1.54, 1.807) is 0 Å². The van der Waals surface area contributed by atoms with Gasteiger partial charge in [0.25, 0.3) is 5.91 Å². The van der Waals surface area contributed by atoms with Crippen molar-refractivity contribution in [2.24, 2.45) is 5.92 Å². The molecule has 1 amide bonds. The second-order valence-electron chi connectivity index (χ2n) is 5.03. The summed E-state index contributed by atoms with van der Waals surface area (Å²) < 4.78 is 37.8. The van der Waals surface area contributed by atoms with Crippen LogP contribution in [-0.2, 0) is 6.18 Å². The minimum atomic E-state index is -4.44. The maximum Gasteiger partial charge on any atom is 0.416 e. The van der Waals surface area contributed by atoms with Gasteiger partial charge in [0.15, 0.2) is 0 Å². The molecular formula is C14H17BrF3NO. The summed E-state index contributed by atoms with van der Waals surface area (Å²) in [4.78, 5) is 12.0. The number of carbonyl (C=O) groups is 1. The standard InChI is InChI=1S/C14H17BrF3NO/c1-9(2)6-12(8-15)19-13(20)10-4-3-5-11(7-10)14(16,17)18/h3-5,7,9,12H,6,8H2,1-2H3,(H,19,20). The first-order valence-electron chi connectivity index (χ1n) is 6.28. The maximum absolute atomic E-state index is 12.6. The number of halogens is 4. The minimum Gasteiger partial charge on any atom is -0.348 e. The van der Waals surface area contributed by atoms with Crippen LogP contribution in [0.2, 0.25) is 0 Å². The predicted molar refractivity (Wildman–Crippen MR) is 75.9 cm³/mol. The van der Waals surface area contributed by atoms with E-state index in [0.717, 1.165) is 18.6 Å². The van der Waals surface area contributed by atoms with Crippen molar-refractivity contribution in [3.8, 4) is 0 Å². The Morgan fingerprint density at radius 1 is 1.35 bits per heavy atom. The summed E-state index contributed by atoms with van der Waals surface area (Å²) in [6.07, 6.45) is -3.68. The first-order chi connectivity index (χ1) is 9.24. The van der Waals surface area contributed by atoms with Gasteiger partial charge < -0.3 is 5.32 Å². The molecule has 0 aliphatic carbocycles. The quantitative estimate of drug-likeness (QED) is 0.789. The van der Waals surface area contributed by atoms with Crippen molar-refractivity contribution in [3.63, 3.8) is 0 Å². The molecule has 20 heavy (non-hydrogen) atoms. The van der Waals surface area contributed by atoms with Gasteiger partial charge in [-0.05, 0) is 30.5 Å². The molecule has 0 aliphatic heterocycles. The lowest BCUT2D eigenvalue weighted by molar-refractivity contribution is -0.137. The second kappa shape index (κ2) is 7.11. The Balaban J connectivity index is 2.82. The number of alkyl halides is 4. The number of hydrogen-bond acceptors (Lipinski definition) is 1. The van der Waals surface area contributed by atoms with Crippen molar-refractivity contribution in [2.45, 2.75) is 32.5 Å². The van der Waals surface area contributed by atoms with E-state index in [0.29, 0.717) is 11.2 Å². The van der Waals surface area contributed by atoms with Gasteiger partial charge in [0, 0.05) is 16.9 Å². The zero-order chi connectivity index (χ0) is 15.3. The van der Waals surface area contributed by atoms with Crippen molar-refractivity contribution >= 4 is 21.8 Å². The monoisotopic (exact) mass is 351 g/mol. The molecule has 112 valence electrons. The Kier molecular flexibility index (Phi) is 6.05. The molecular weight excluding hydrogens is 335 g/mol. The number of benzene rings is 1. The third kappa shape index (κ3) is 5.15. The fraction of sp³-hybridized carbons (Fsp3) is 0.500. The molecule has 0 aliphatic rings. The Morgan fingerprint density at radius 3 is 2.50 bits per heavy atom. The van der Waals surface area contributed by atoms with Crippen LogP contribution in [-0.4, -0.2) is 17.3 Å². The fourth-order valence-electron chi connectivity index (χ4n) is 1.84. The SMILES string of the molecule is CC(C)CC(CBr)NC(=O)c1cccc(C(F)(F)F)c1. The Hall–Kier alpha value is -1.04. The molecule has 0 saturated heterocycles. The van der Waals surface area contributed by atoms with E-state index in [4.69, 9.17) is 0 Å². The average Bonchev–Trinajstić information content (AvgIpc) is 2.36. The highest BCUT2D eigenvalue weighted by Gasteiger charge is 2.31. The van der Waals surface area contributed by atoms with Crippen LogP contribution in [0.25, 0.3) is 0 Å². The molecule has 1 aromatic carbocycles. The highest BCUT2D eigenvalue weighted by Crippen LogP contribution is 2.29. The molecule has 0 fully saturated rings. The molecule has 0 aromatic heterocycles. The molecule has 1 unspecified atom stereocenters. The lowest BCUT2D eigenvalue weighted by Crippen LogP contribution is -2.37. The van der Waals surface area contributed by atoms with Gasteiger partial charge in [-0.1, -0.05) is 35.8 Å². The van der Waals surface area contributed by atoms with Crippen LogP contribution >= 0.6 is 15.9 Å². The van der Waals surface area contributed by atoms with E-state index in [2.05, 4.69) is 21.2 Å². The third-order valence-corrected chi connectivity index (χ3v) is 3.51. The Bertz CT molecular complexity index is 460. The Labute approximate surface area is 124 Å². The smallest absolute Gasteiger partial charge is 0.348 e. The minimum absolute atomic E-state index is 0.0227. The molecule has 0 radical (unpaired) electrons. The molecule has 2 nitrogen and oxygen atoms in total. The van der Waals surface area contributed by atoms with Crippen molar-refractivity contribution in [2.75, 3.05) is 5.33 Å². The second-order valence-corrected chi connectivity index (χ2v) is 5.68. The first-order valence-corrected chi connectivity index (χ1v) is 7.40. The summed E-state index contributed by atoms with van der Waals surface area (Å²) in [7, 11) is 0. The molecule has 1 N–H and O–H groups in total. The highest BCUT2D eigenvalue weighted by molar-refractivity contribution is 9.09. The first kappa shape index (κ1) is 17.0. The summed E-state index contributed by atoms with van der Waals surface area (Å²) in [5.74, 6) is -0.0967. The number of amides is 1. The molecule has 0 bridgehead atoms. The molecule has 0 spiro atoms. The van der Waals surface area contributed by atoms with Crippen LogP contribution in [0.4, 0.5) is 13.2 Å². The lowest BCUT2D eigenvalue weighted by Gasteiger charge is -2.18. The van der Waals surface area contributed by atoms with Crippen LogP contribution < -0.4 is 5.32 Å². The van der Waals surface area contributed by atoms with Gasteiger partial charge in [-0.2, -0.15) is 13.2 Å². The number of carbonyl (C=O) groups excluding carboxylic acids is 1. The van der Waals surface area contributed by atoms with Crippen LogP contribution in [0.3, 0.4) is 0 Å². The molecule has 0 saturated carbocycles. The Morgan fingerprint density at radius 2 is 2.00 bits per heavy atom. The summed E-state index contributed by atoms with van der Waals surface area (Å²) in [6.45, 7) is 4.04. The van der Waals surface area contributed by atoms with E-state index in [1.165, 1.54) is 12.1 Å². The van der Waals surface area contributed by atoms with Gasteiger partial charge in [0.2, 0.25) is 0 Å². The summed E-state index contributed by atoms with van der Waals surface area (Å²) in [5, 5.41) is 3.31. The zero-order valence-electron chi connectivity index (χ0n) is 11.3. The van der Waals surface area contributed by atoms with Crippen molar-refractivity contribution in [1.82, 2.24) is 5.32 Å². The van der Waals surface area contributed by atoms with Gasteiger partial charge in [0.05, 0.1) is 5.56 Å². The van der Waals surface area contributed by atoms with Gasteiger partial charge >= 0.3 is 6.18 Å². The van der Waals surface area contributed by atoms with Crippen LogP contribution in [0.5, 0.6) is 0 Å². The van der Waals surface area contributed by atoms with Crippen molar-refractivity contribution in [3.05, 3.63) is 35.4 Å². The van der Waals surface area contributed by atoms with Gasteiger partial charge in [0.1, 0.15) is 0 Å². The molecule has 1 rings (SSSR count). The number of nitrogens with one attached hydrogen (secondary N) is 1. The number of hydrogen-bond donors (Lipinski definition) is 1. The van der Waals surface area contributed by atoms with Gasteiger partial charge in [-0.3, -0.25) is 4.79 Å². The van der Waals surface area contributed by atoms with Crippen molar-refractivity contribution in [1.29, 1.82) is 0 Å².